The first-order valence-electron chi connectivity index (χ1n) is 8.29. The molecule has 1 unspecified atom stereocenters. The molecule has 5 nitrogen and oxygen atoms in total. The minimum absolute atomic E-state index is 0.0200. The molecule has 0 spiro atoms. The van der Waals surface area contributed by atoms with Gasteiger partial charge in [-0.05, 0) is 25.7 Å². The molecule has 120 valence electrons. The third kappa shape index (κ3) is 3.76. The third-order valence-corrected chi connectivity index (χ3v) is 5.10. The van der Waals surface area contributed by atoms with Gasteiger partial charge in [0.15, 0.2) is 0 Å². The van der Waals surface area contributed by atoms with Gasteiger partial charge in [-0.15, -0.1) is 0 Å². The number of nitrogens with zero attached hydrogens (tertiary/aromatic N) is 3. The Morgan fingerprint density at radius 3 is 2.19 bits per heavy atom. The fraction of sp³-hybridized carbons (Fsp3) is 0.875. The highest BCUT2D eigenvalue weighted by Gasteiger charge is 2.37. The van der Waals surface area contributed by atoms with Crippen LogP contribution < -0.4 is 0 Å². The van der Waals surface area contributed by atoms with E-state index in [1.54, 1.807) is 6.92 Å². The number of carbonyl (C=O) groups excluding carboxylic acids is 2. The van der Waals surface area contributed by atoms with Gasteiger partial charge in [0.1, 0.15) is 0 Å². The van der Waals surface area contributed by atoms with Gasteiger partial charge in [-0.25, -0.2) is 0 Å². The second-order valence-electron chi connectivity index (χ2n) is 6.38. The Balaban J connectivity index is 2.05. The smallest absolute Gasteiger partial charge is 0.239 e. The largest absolute Gasteiger partial charge is 0.345 e. The highest BCUT2D eigenvalue weighted by molar-refractivity contribution is 5.82. The van der Waals surface area contributed by atoms with Gasteiger partial charge in [0.05, 0.1) is 6.04 Å². The fourth-order valence-corrected chi connectivity index (χ4v) is 3.63. The summed E-state index contributed by atoms with van der Waals surface area (Å²) in [6.07, 6.45) is 4.83. The van der Waals surface area contributed by atoms with Crippen molar-refractivity contribution in [2.24, 2.45) is 5.92 Å². The lowest BCUT2D eigenvalue weighted by Gasteiger charge is -2.41. The molecule has 0 N–H and O–H groups in total. The summed E-state index contributed by atoms with van der Waals surface area (Å²) in [5.41, 5.74) is 0. The lowest BCUT2D eigenvalue weighted by Crippen LogP contribution is -2.57. The van der Waals surface area contributed by atoms with Gasteiger partial charge in [-0.1, -0.05) is 12.8 Å². The maximum Gasteiger partial charge on any atom is 0.239 e. The summed E-state index contributed by atoms with van der Waals surface area (Å²) in [7, 11) is 1.90. The Labute approximate surface area is 128 Å². The van der Waals surface area contributed by atoms with Crippen LogP contribution >= 0.6 is 0 Å². The number of likely N-dealkylation sites (N-methyl/N-ethyl adjacent to an activating group) is 1. The van der Waals surface area contributed by atoms with Crippen LogP contribution in [0.5, 0.6) is 0 Å². The van der Waals surface area contributed by atoms with Crippen molar-refractivity contribution in [1.82, 2.24) is 14.7 Å². The molecule has 1 aliphatic carbocycles. The molecular formula is C16H29N3O2. The summed E-state index contributed by atoms with van der Waals surface area (Å²) in [4.78, 5) is 30.3. The number of rotatable bonds is 4. The third-order valence-electron chi connectivity index (χ3n) is 5.10. The lowest BCUT2D eigenvalue weighted by molar-refractivity contribution is -0.139. The van der Waals surface area contributed by atoms with Gasteiger partial charge in [-0.3, -0.25) is 14.5 Å². The van der Waals surface area contributed by atoms with Gasteiger partial charge >= 0.3 is 0 Å². The van der Waals surface area contributed by atoms with Crippen LogP contribution in [0.4, 0.5) is 0 Å². The average molecular weight is 295 g/mol. The summed E-state index contributed by atoms with van der Waals surface area (Å²) in [6, 6.07) is 0.0200. The summed E-state index contributed by atoms with van der Waals surface area (Å²) in [5, 5.41) is 0. The summed E-state index contributed by atoms with van der Waals surface area (Å²) >= 11 is 0. The monoisotopic (exact) mass is 295 g/mol. The van der Waals surface area contributed by atoms with Crippen LogP contribution in [0.3, 0.4) is 0 Å². The summed E-state index contributed by atoms with van der Waals surface area (Å²) < 4.78 is 0. The highest BCUT2D eigenvalue weighted by atomic mass is 16.2. The highest BCUT2D eigenvalue weighted by Crippen LogP contribution is 2.31. The molecule has 2 amide bonds. The zero-order valence-corrected chi connectivity index (χ0v) is 13.7. The van der Waals surface area contributed by atoms with Crippen LogP contribution in [-0.2, 0) is 9.59 Å². The van der Waals surface area contributed by atoms with Crippen molar-refractivity contribution in [2.45, 2.75) is 45.6 Å². The second-order valence-corrected chi connectivity index (χ2v) is 6.38. The zero-order valence-electron chi connectivity index (χ0n) is 13.7. The van der Waals surface area contributed by atoms with Gasteiger partial charge < -0.3 is 9.80 Å². The normalized spacial score (nSPS) is 22.3. The number of piperazine rings is 1. The molecular weight excluding hydrogens is 266 g/mol. The van der Waals surface area contributed by atoms with Crippen molar-refractivity contribution >= 4 is 11.8 Å². The lowest BCUT2D eigenvalue weighted by atomic mass is 9.94. The first kappa shape index (κ1) is 16.3. The fourth-order valence-electron chi connectivity index (χ4n) is 3.63. The SMILES string of the molecule is CCN(C)C(=O)C(C1CCCC1)N1CCN(C(C)=O)CC1. The second kappa shape index (κ2) is 7.25. The van der Waals surface area contributed by atoms with Gasteiger partial charge in [0, 0.05) is 46.7 Å². The van der Waals surface area contributed by atoms with Crippen molar-refractivity contribution in [3.8, 4) is 0 Å². The maximum absolute atomic E-state index is 12.8. The van der Waals surface area contributed by atoms with Crippen LogP contribution in [0.25, 0.3) is 0 Å². The molecule has 5 heteroatoms. The molecule has 2 aliphatic rings. The molecule has 1 saturated carbocycles. The molecule has 2 rings (SSSR count). The topological polar surface area (TPSA) is 43.9 Å². The van der Waals surface area contributed by atoms with E-state index >= 15 is 0 Å². The van der Waals surface area contributed by atoms with Crippen LogP contribution in [0, 0.1) is 5.92 Å². The van der Waals surface area contributed by atoms with E-state index < -0.39 is 0 Å². The summed E-state index contributed by atoms with van der Waals surface area (Å²) in [6.45, 7) is 7.56. The van der Waals surface area contributed by atoms with E-state index in [-0.39, 0.29) is 17.9 Å². The molecule has 1 atom stereocenters. The predicted octanol–water partition coefficient (Wildman–Crippen LogP) is 1.19. The Kier molecular flexibility index (Phi) is 5.62. The average Bonchev–Trinajstić information content (AvgIpc) is 3.01. The van der Waals surface area contributed by atoms with Crippen LogP contribution in [0.2, 0.25) is 0 Å². The predicted molar refractivity (Wildman–Crippen MR) is 82.9 cm³/mol. The molecule has 0 radical (unpaired) electrons. The van der Waals surface area contributed by atoms with Crippen LogP contribution in [-0.4, -0.2) is 72.3 Å². The Morgan fingerprint density at radius 1 is 1.14 bits per heavy atom. The van der Waals surface area contributed by atoms with Crippen molar-refractivity contribution in [3.63, 3.8) is 0 Å². The minimum atomic E-state index is 0.0200. The number of hydrogen-bond donors (Lipinski definition) is 0. The first-order chi connectivity index (χ1) is 10.0. The molecule has 0 aromatic rings. The molecule has 0 bridgehead atoms. The molecule has 0 aromatic heterocycles. The van der Waals surface area contributed by atoms with Gasteiger partial charge in [0.25, 0.3) is 0 Å². The van der Waals surface area contributed by atoms with Crippen LogP contribution in [0.15, 0.2) is 0 Å². The molecule has 21 heavy (non-hydrogen) atoms. The Bertz CT molecular complexity index is 372. The molecule has 2 fully saturated rings. The van der Waals surface area contributed by atoms with Crippen molar-refractivity contribution in [2.75, 3.05) is 39.8 Å². The first-order valence-corrected chi connectivity index (χ1v) is 8.29. The van der Waals surface area contributed by atoms with E-state index in [9.17, 15) is 9.59 Å². The van der Waals surface area contributed by atoms with E-state index in [0.29, 0.717) is 5.92 Å². The molecule has 1 aliphatic heterocycles. The number of amides is 2. The molecule has 1 heterocycles. The van der Waals surface area contributed by atoms with Crippen molar-refractivity contribution < 1.29 is 9.59 Å². The quantitative estimate of drug-likeness (QED) is 0.782. The standard InChI is InChI=1S/C16H29N3O2/c1-4-17(3)16(21)15(14-7-5-6-8-14)19-11-9-18(10-12-19)13(2)20/h14-15H,4-12H2,1-3H3. The van der Waals surface area contributed by atoms with E-state index in [1.165, 1.54) is 25.7 Å². The Morgan fingerprint density at radius 2 is 1.71 bits per heavy atom. The van der Waals surface area contributed by atoms with E-state index in [0.717, 1.165) is 32.7 Å². The molecule has 0 aromatic carbocycles. The zero-order chi connectivity index (χ0) is 15.4. The Hall–Kier alpha value is -1.10. The number of hydrogen-bond acceptors (Lipinski definition) is 3. The molecule has 1 saturated heterocycles. The summed E-state index contributed by atoms with van der Waals surface area (Å²) in [5.74, 6) is 0.903. The van der Waals surface area contributed by atoms with Crippen molar-refractivity contribution in [1.29, 1.82) is 0 Å². The number of carbonyl (C=O) groups is 2. The minimum Gasteiger partial charge on any atom is -0.345 e. The van der Waals surface area contributed by atoms with E-state index in [4.69, 9.17) is 0 Å². The van der Waals surface area contributed by atoms with Gasteiger partial charge in [-0.2, -0.15) is 0 Å². The van der Waals surface area contributed by atoms with Gasteiger partial charge in [0.2, 0.25) is 11.8 Å². The maximum atomic E-state index is 12.8. The van der Waals surface area contributed by atoms with Crippen molar-refractivity contribution in [3.05, 3.63) is 0 Å². The van der Waals surface area contributed by atoms with E-state index in [1.807, 2.05) is 23.8 Å². The van der Waals surface area contributed by atoms with E-state index in [2.05, 4.69) is 4.90 Å². The van der Waals surface area contributed by atoms with Crippen LogP contribution in [0.1, 0.15) is 39.5 Å².